The van der Waals surface area contributed by atoms with Crippen LogP contribution in [0.4, 0.5) is 5.69 Å². The summed E-state index contributed by atoms with van der Waals surface area (Å²) in [6.45, 7) is 6.09. The van der Waals surface area contributed by atoms with E-state index >= 15 is 0 Å². The lowest BCUT2D eigenvalue weighted by molar-refractivity contribution is -0.387. The monoisotopic (exact) mass is 377 g/mol. The van der Waals surface area contributed by atoms with Crippen LogP contribution in [-0.2, 0) is 5.41 Å². The smallest absolute Gasteiger partial charge is 0.315 e. The van der Waals surface area contributed by atoms with Crippen molar-refractivity contribution in [3.05, 3.63) is 27.3 Å². The van der Waals surface area contributed by atoms with Crippen molar-refractivity contribution in [2.24, 2.45) is 0 Å². The SMILES string of the molecule is CCCCCC(C)(C)c1cc(O)c2c(c1[N+](=O)[O-])OC1C(O)CCCCC21. The predicted octanol–water partition coefficient (Wildman–Crippen LogP) is 4.94. The number of aliphatic hydroxyl groups is 1. The molecule has 3 rings (SSSR count). The molecule has 0 radical (unpaired) electrons. The molecule has 3 unspecified atom stereocenters. The molecule has 0 bridgehead atoms. The van der Waals surface area contributed by atoms with Crippen molar-refractivity contribution in [2.75, 3.05) is 0 Å². The van der Waals surface area contributed by atoms with Crippen LogP contribution in [0.25, 0.3) is 0 Å². The van der Waals surface area contributed by atoms with E-state index in [1.165, 1.54) is 0 Å². The number of benzene rings is 1. The average Bonchev–Trinajstić information content (AvgIpc) is 2.89. The van der Waals surface area contributed by atoms with Crippen LogP contribution in [0.15, 0.2) is 6.07 Å². The van der Waals surface area contributed by atoms with Crippen LogP contribution >= 0.6 is 0 Å². The molecule has 3 atom stereocenters. The zero-order valence-corrected chi connectivity index (χ0v) is 16.5. The molecule has 1 heterocycles. The highest BCUT2D eigenvalue weighted by Crippen LogP contribution is 2.55. The van der Waals surface area contributed by atoms with E-state index in [-0.39, 0.29) is 28.0 Å². The number of phenols is 1. The van der Waals surface area contributed by atoms with Crippen LogP contribution in [0.2, 0.25) is 0 Å². The molecule has 150 valence electrons. The third-order valence-corrected chi connectivity index (χ3v) is 6.25. The number of nitro benzene ring substituents is 1. The van der Waals surface area contributed by atoms with Crippen molar-refractivity contribution in [3.63, 3.8) is 0 Å². The summed E-state index contributed by atoms with van der Waals surface area (Å²) in [7, 11) is 0. The van der Waals surface area contributed by atoms with E-state index in [0.29, 0.717) is 17.5 Å². The molecular formula is C21H31NO5. The molecule has 0 saturated heterocycles. The summed E-state index contributed by atoms with van der Waals surface area (Å²) >= 11 is 0. The van der Waals surface area contributed by atoms with Gasteiger partial charge in [0, 0.05) is 17.0 Å². The van der Waals surface area contributed by atoms with Gasteiger partial charge in [-0.25, -0.2) is 0 Å². The van der Waals surface area contributed by atoms with E-state index < -0.39 is 17.6 Å². The number of ether oxygens (including phenoxy) is 1. The number of nitrogens with zero attached hydrogens (tertiary/aromatic N) is 1. The second-order valence-corrected chi connectivity index (χ2v) is 8.67. The first-order chi connectivity index (χ1) is 12.8. The van der Waals surface area contributed by atoms with Crippen LogP contribution < -0.4 is 4.74 Å². The van der Waals surface area contributed by atoms with E-state index in [4.69, 9.17) is 4.74 Å². The summed E-state index contributed by atoms with van der Waals surface area (Å²) in [4.78, 5) is 11.6. The van der Waals surface area contributed by atoms with E-state index in [1.54, 1.807) is 6.07 Å². The quantitative estimate of drug-likeness (QED) is 0.416. The second kappa shape index (κ2) is 7.66. The zero-order valence-electron chi connectivity index (χ0n) is 16.5. The number of hydrogen-bond donors (Lipinski definition) is 2. The Kier molecular flexibility index (Phi) is 5.65. The van der Waals surface area contributed by atoms with Gasteiger partial charge >= 0.3 is 5.69 Å². The van der Waals surface area contributed by atoms with Gasteiger partial charge in [0.05, 0.1) is 11.0 Å². The fourth-order valence-electron chi connectivity index (χ4n) is 4.70. The maximum absolute atomic E-state index is 12.0. The van der Waals surface area contributed by atoms with E-state index in [9.17, 15) is 20.3 Å². The highest BCUT2D eigenvalue weighted by Gasteiger charge is 2.47. The maximum atomic E-state index is 12.0. The Bertz CT molecular complexity index is 715. The van der Waals surface area contributed by atoms with Gasteiger partial charge in [-0.15, -0.1) is 0 Å². The first-order valence-corrected chi connectivity index (χ1v) is 10.2. The fourth-order valence-corrected chi connectivity index (χ4v) is 4.70. The van der Waals surface area contributed by atoms with Crippen LogP contribution in [0, 0.1) is 10.1 Å². The molecule has 27 heavy (non-hydrogen) atoms. The Hall–Kier alpha value is -1.82. The van der Waals surface area contributed by atoms with Gasteiger partial charge in [0.2, 0.25) is 5.75 Å². The third kappa shape index (κ3) is 3.64. The summed E-state index contributed by atoms with van der Waals surface area (Å²) in [6.07, 6.45) is 5.96. The van der Waals surface area contributed by atoms with Gasteiger partial charge in [-0.2, -0.15) is 0 Å². The maximum Gasteiger partial charge on any atom is 0.315 e. The molecular weight excluding hydrogens is 346 g/mol. The van der Waals surface area contributed by atoms with Crippen molar-refractivity contribution in [2.45, 2.75) is 95.7 Å². The Morgan fingerprint density at radius 1 is 1.30 bits per heavy atom. The standard InChI is InChI=1S/C21H31NO5/c1-4-5-8-11-21(2,3)14-12-16(24)17-13-9-6-7-10-15(23)19(13)27-20(17)18(14)22(25)26/h12-13,15,19,23-24H,4-11H2,1-3H3. The van der Waals surface area contributed by atoms with Crippen molar-refractivity contribution in [1.29, 1.82) is 0 Å². The number of hydrogen-bond acceptors (Lipinski definition) is 5. The van der Waals surface area contributed by atoms with E-state index in [1.807, 2.05) is 13.8 Å². The number of phenolic OH excluding ortho intramolecular Hbond substituents is 1. The summed E-state index contributed by atoms with van der Waals surface area (Å²) in [5.74, 6) is 0.0544. The Balaban J connectivity index is 2.08. The molecule has 2 aliphatic rings. The summed E-state index contributed by atoms with van der Waals surface area (Å²) in [6, 6.07) is 1.58. The Morgan fingerprint density at radius 2 is 2.00 bits per heavy atom. The minimum Gasteiger partial charge on any atom is -0.507 e. The first-order valence-electron chi connectivity index (χ1n) is 10.2. The zero-order chi connectivity index (χ0) is 19.8. The first kappa shape index (κ1) is 19.9. The summed E-state index contributed by atoms with van der Waals surface area (Å²) in [5.41, 5.74) is 0.549. The number of rotatable bonds is 6. The average molecular weight is 377 g/mol. The Labute approximate surface area is 160 Å². The Morgan fingerprint density at radius 3 is 2.67 bits per heavy atom. The number of fused-ring (bicyclic) bond motifs is 3. The largest absolute Gasteiger partial charge is 0.507 e. The molecule has 0 amide bonds. The van der Waals surface area contributed by atoms with Gasteiger partial charge in [-0.1, -0.05) is 52.9 Å². The summed E-state index contributed by atoms with van der Waals surface area (Å²) < 4.78 is 5.99. The van der Waals surface area contributed by atoms with E-state index in [2.05, 4.69) is 6.92 Å². The van der Waals surface area contributed by atoms with Gasteiger partial charge < -0.3 is 14.9 Å². The lowest BCUT2D eigenvalue weighted by atomic mass is 9.77. The fraction of sp³-hybridized carbons (Fsp3) is 0.714. The van der Waals surface area contributed by atoms with Crippen LogP contribution in [-0.4, -0.2) is 27.3 Å². The van der Waals surface area contributed by atoms with Crippen molar-refractivity contribution in [1.82, 2.24) is 0 Å². The third-order valence-electron chi connectivity index (χ3n) is 6.25. The molecule has 0 spiro atoms. The molecule has 0 aromatic heterocycles. The van der Waals surface area contributed by atoms with Crippen molar-refractivity contribution < 1.29 is 19.9 Å². The predicted molar refractivity (Wildman–Crippen MR) is 104 cm³/mol. The topological polar surface area (TPSA) is 92.8 Å². The second-order valence-electron chi connectivity index (χ2n) is 8.67. The molecule has 1 aromatic rings. The van der Waals surface area contributed by atoms with Crippen LogP contribution in [0.3, 0.4) is 0 Å². The highest BCUT2D eigenvalue weighted by molar-refractivity contribution is 5.67. The summed E-state index contributed by atoms with van der Waals surface area (Å²) in [5, 5.41) is 33.2. The van der Waals surface area contributed by atoms with Gasteiger partial charge in [-0.3, -0.25) is 10.1 Å². The minimum atomic E-state index is -0.662. The van der Waals surface area contributed by atoms with Gasteiger partial charge in [0.1, 0.15) is 11.9 Å². The normalized spacial score (nSPS) is 24.7. The van der Waals surface area contributed by atoms with Crippen LogP contribution in [0.1, 0.15) is 89.2 Å². The molecule has 1 fully saturated rings. The lowest BCUT2D eigenvalue weighted by Gasteiger charge is -2.26. The van der Waals surface area contributed by atoms with Crippen LogP contribution in [0.5, 0.6) is 11.5 Å². The van der Waals surface area contributed by atoms with Gasteiger partial charge in [-0.05, 0) is 30.7 Å². The minimum absolute atomic E-state index is 0.0374. The molecule has 6 nitrogen and oxygen atoms in total. The highest BCUT2D eigenvalue weighted by atomic mass is 16.6. The number of aromatic hydroxyl groups is 1. The molecule has 1 aliphatic heterocycles. The number of nitro groups is 1. The number of aliphatic hydroxyl groups excluding tert-OH is 1. The molecule has 2 N–H and O–H groups in total. The lowest BCUT2D eigenvalue weighted by Crippen LogP contribution is -2.31. The molecule has 1 aromatic carbocycles. The number of unbranched alkanes of at least 4 members (excludes halogenated alkanes) is 2. The van der Waals surface area contributed by atoms with Crippen molar-refractivity contribution in [3.8, 4) is 11.5 Å². The van der Waals surface area contributed by atoms with Crippen molar-refractivity contribution >= 4 is 5.69 Å². The molecule has 1 saturated carbocycles. The van der Waals surface area contributed by atoms with Gasteiger partial charge in [0.15, 0.2) is 0 Å². The molecule has 1 aliphatic carbocycles. The molecule has 6 heteroatoms. The van der Waals surface area contributed by atoms with E-state index in [0.717, 1.165) is 44.9 Å². The van der Waals surface area contributed by atoms with Gasteiger partial charge in [0.25, 0.3) is 0 Å².